The first-order chi connectivity index (χ1) is 19.2. The average Bonchev–Trinajstić information content (AvgIpc) is 3.28. The summed E-state index contributed by atoms with van der Waals surface area (Å²) in [6, 6.07) is 11.2. The van der Waals surface area contributed by atoms with Crippen molar-refractivity contribution in [2.24, 2.45) is 0 Å². The van der Waals surface area contributed by atoms with Gasteiger partial charge in [0.1, 0.15) is 24.3 Å². The molecule has 15 heteroatoms. The summed E-state index contributed by atoms with van der Waals surface area (Å²) >= 11 is 1.32. The van der Waals surface area contributed by atoms with Crippen molar-refractivity contribution >= 4 is 41.1 Å². The predicted octanol–water partition coefficient (Wildman–Crippen LogP) is 3.39. The lowest BCUT2D eigenvalue weighted by atomic mass is 10.1. The standard InChI is InChI=1S/C25H24N4O10S/c1-37-21-22(30)27-20(24(31)38-13-15-4-8-17(9-5-15)28(33)34)19(40-23(21)27)3-2-12-26-25(32)39-14-16-6-10-18(11-7-16)29(35)36/h4-11,21,23H,2-3,12-14H2,1H3,(H,26,32)/t21-,23+/m0/s1. The Morgan fingerprint density at radius 3 is 2.02 bits per heavy atom. The summed E-state index contributed by atoms with van der Waals surface area (Å²) in [5.41, 5.74) is 1.10. The van der Waals surface area contributed by atoms with E-state index in [1.165, 1.54) is 72.3 Å². The number of non-ortho nitro benzene ring substituents is 2. The van der Waals surface area contributed by atoms with Crippen LogP contribution in [-0.4, -0.2) is 57.8 Å². The molecule has 0 saturated carbocycles. The molecule has 1 saturated heterocycles. The Balaban J connectivity index is 1.30. The van der Waals surface area contributed by atoms with Gasteiger partial charge in [-0.25, -0.2) is 9.59 Å². The van der Waals surface area contributed by atoms with Gasteiger partial charge in [0.2, 0.25) is 0 Å². The maximum absolute atomic E-state index is 13.0. The number of esters is 1. The van der Waals surface area contributed by atoms with E-state index in [4.69, 9.17) is 14.2 Å². The number of hydrogen-bond acceptors (Lipinski definition) is 11. The monoisotopic (exact) mass is 572 g/mol. The number of amides is 2. The van der Waals surface area contributed by atoms with Gasteiger partial charge in [0, 0.05) is 42.8 Å². The highest BCUT2D eigenvalue weighted by Crippen LogP contribution is 2.49. The van der Waals surface area contributed by atoms with Crippen LogP contribution in [-0.2, 0) is 37.0 Å². The second kappa shape index (κ2) is 12.6. The van der Waals surface area contributed by atoms with Crippen molar-refractivity contribution in [2.75, 3.05) is 13.7 Å². The number of ether oxygens (including phenoxy) is 3. The van der Waals surface area contributed by atoms with Gasteiger partial charge in [0.15, 0.2) is 6.10 Å². The Morgan fingerprint density at radius 2 is 1.50 bits per heavy atom. The fraction of sp³-hybridized carbons (Fsp3) is 0.320. The molecule has 2 aromatic rings. The highest BCUT2D eigenvalue weighted by Gasteiger charge is 2.56. The number of carbonyl (C=O) groups is 3. The van der Waals surface area contributed by atoms with Gasteiger partial charge in [-0.15, -0.1) is 0 Å². The van der Waals surface area contributed by atoms with Crippen LogP contribution >= 0.6 is 11.8 Å². The van der Waals surface area contributed by atoms with Gasteiger partial charge < -0.3 is 19.5 Å². The largest absolute Gasteiger partial charge is 0.456 e. The third-order valence-electron chi connectivity index (χ3n) is 6.09. The highest BCUT2D eigenvalue weighted by atomic mass is 32.2. The number of carbonyl (C=O) groups excluding carboxylic acids is 3. The van der Waals surface area contributed by atoms with Crippen LogP contribution in [0.3, 0.4) is 0 Å². The molecule has 1 fully saturated rings. The van der Waals surface area contributed by atoms with E-state index in [0.717, 1.165) is 0 Å². The van der Waals surface area contributed by atoms with Crippen LogP contribution in [0.25, 0.3) is 0 Å². The van der Waals surface area contributed by atoms with Crippen LogP contribution in [0.2, 0.25) is 0 Å². The first-order valence-corrected chi connectivity index (χ1v) is 12.9. The van der Waals surface area contributed by atoms with E-state index in [1.54, 1.807) is 0 Å². The topological polar surface area (TPSA) is 180 Å². The average molecular weight is 573 g/mol. The number of nitrogens with zero attached hydrogens (tertiary/aromatic N) is 3. The molecule has 0 spiro atoms. The fourth-order valence-corrected chi connectivity index (χ4v) is 5.53. The third-order valence-corrected chi connectivity index (χ3v) is 7.48. The van der Waals surface area contributed by atoms with Gasteiger partial charge in [-0.3, -0.25) is 29.9 Å². The van der Waals surface area contributed by atoms with Crippen molar-refractivity contribution in [1.82, 2.24) is 10.2 Å². The van der Waals surface area contributed by atoms with E-state index in [1.807, 2.05) is 0 Å². The Kier molecular flexibility index (Phi) is 8.96. The summed E-state index contributed by atoms with van der Waals surface area (Å²) in [7, 11) is 1.41. The molecule has 0 unspecified atom stereocenters. The number of methoxy groups -OCH3 is 1. The number of thioether (sulfide) groups is 1. The number of hydrogen-bond donors (Lipinski definition) is 1. The summed E-state index contributed by atoms with van der Waals surface area (Å²) in [4.78, 5) is 60.0. The molecule has 2 aliphatic rings. The van der Waals surface area contributed by atoms with Crippen molar-refractivity contribution in [3.63, 3.8) is 0 Å². The summed E-state index contributed by atoms with van der Waals surface area (Å²) in [6.07, 6.45) is -0.563. The SMILES string of the molecule is CO[C@H]1C(=O)N2C(C(=O)OCc3ccc([N+](=O)[O-])cc3)=C(CCCNC(=O)OCc3ccc([N+](=O)[O-])cc3)S[C@H]12. The van der Waals surface area contributed by atoms with E-state index >= 15 is 0 Å². The molecule has 40 heavy (non-hydrogen) atoms. The minimum atomic E-state index is -0.707. The second-order valence-electron chi connectivity index (χ2n) is 8.67. The molecule has 14 nitrogen and oxygen atoms in total. The molecule has 2 amide bonds. The lowest BCUT2D eigenvalue weighted by molar-refractivity contribution is -0.385. The van der Waals surface area contributed by atoms with Crippen LogP contribution in [0.1, 0.15) is 24.0 Å². The molecule has 2 aromatic carbocycles. The van der Waals surface area contributed by atoms with E-state index in [2.05, 4.69) is 5.32 Å². The summed E-state index contributed by atoms with van der Waals surface area (Å²) < 4.78 is 15.8. The number of nitrogens with one attached hydrogen (secondary N) is 1. The van der Waals surface area contributed by atoms with Gasteiger partial charge >= 0.3 is 12.1 Å². The van der Waals surface area contributed by atoms with Crippen LogP contribution in [0.15, 0.2) is 59.1 Å². The number of nitro benzene ring substituents is 2. The van der Waals surface area contributed by atoms with Crippen molar-refractivity contribution < 1.29 is 38.4 Å². The lowest BCUT2D eigenvalue weighted by Crippen LogP contribution is -2.61. The number of fused-ring (bicyclic) bond motifs is 1. The Morgan fingerprint density at radius 1 is 0.950 bits per heavy atom. The van der Waals surface area contributed by atoms with Gasteiger partial charge in [-0.1, -0.05) is 11.8 Å². The molecule has 2 atom stereocenters. The van der Waals surface area contributed by atoms with Crippen molar-refractivity contribution in [3.8, 4) is 0 Å². The number of nitro groups is 2. The molecule has 2 aliphatic heterocycles. The van der Waals surface area contributed by atoms with Gasteiger partial charge in [0.05, 0.1) is 9.85 Å². The van der Waals surface area contributed by atoms with Crippen LogP contribution in [0.5, 0.6) is 0 Å². The zero-order chi connectivity index (χ0) is 28.8. The van der Waals surface area contributed by atoms with Crippen LogP contribution in [0.4, 0.5) is 16.2 Å². The van der Waals surface area contributed by atoms with Gasteiger partial charge in [-0.05, 0) is 48.2 Å². The molecule has 0 aromatic heterocycles. The van der Waals surface area contributed by atoms with Crippen molar-refractivity contribution in [3.05, 3.63) is 90.5 Å². The summed E-state index contributed by atoms with van der Waals surface area (Å²) in [5, 5.41) is 23.8. The first-order valence-electron chi connectivity index (χ1n) is 12.0. The number of alkyl carbamates (subject to hydrolysis) is 1. The van der Waals surface area contributed by atoms with Gasteiger partial charge in [0.25, 0.3) is 17.3 Å². The predicted molar refractivity (Wildman–Crippen MR) is 139 cm³/mol. The smallest absolute Gasteiger partial charge is 0.407 e. The zero-order valence-corrected chi connectivity index (χ0v) is 22.0. The van der Waals surface area contributed by atoms with Crippen molar-refractivity contribution in [1.29, 1.82) is 0 Å². The Bertz CT molecular complexity index is 1350. The second-order valence-corrected chi connectivity index (χ2v) is 9.89. The molecule has 210 valence electrons. The van der Waals surface area contributed by atoms with Crippen LogP contribution in [0, 0.1) is 20.2 Å². The summed E-state index contributed by atoms with van der Waals surface area (Å²) in [5.74, 6) is -1.06. The minimum Gasteiger partial charge on any atom is -0.456 e. The fourth-order valence-electron chi connectivity index (χ4n) is 4.02. The number of β-lactam (4-membered cyclic amide) rings is 1. The molecular formula is C25H24N4O10S. The van der Waals surface area contributed by atoms with Crippen molar-refractivity contribution in [2.45, 2.75) is 37.5 Å². The molecule has 1 N–H and O–H groups in total. The minimum absolute atomic E-state index is 0.0628. The third kappa shape index (κ3) is 6.38. The number of benzene rings is 2. The lowest BCUT2D eigenvalue weighted by Gasteiger charge is -2.41. The van der Waals surface area contributed by atoms with E-state index in [9.17, 15) is 34.6 Å². The van der Waals surface area contributed by atoms with Crippen LogP contribution < -0.4 is 5.32 Å². The normalized spacial score (nSPS) is 17.6. The molecule has 0 aliphatic carbocycles. The molecule has 0 bridgehead atoms. The molecule has 4 rings (SSSR count). The van der Waals surface area contributed by atoms with Gasteiger partial charge in [-0.2, -0.15) is 0 Å². The summed E-state index contributed by atoms with van der Waals surface area (Å²) in [6.45, 7) is 0.0220. The highest BCUT2D eigenvalue weighted by molar-refractivity contribution is 8.04. The number of allylic oxidation sites excluding steroid dienone is 1. The molecule has 0 radical (unpaired) electrons. The first kappa shape index (κ1) is 28.5. The maximum Gasteiger partial charge on any atom is 0.407 e. The Labute approximate surface area is 231 Å². The quantitative estimate of drug-likeness (QED) is 0.129. The molecular weight excluding hydrogens is 548 g/mol. The molecule has 2 heterocycles. The Hall–Kier alpha value is -4.50. The zero-order valence-electron chi connectivity index (χ0n) is 21.1. The maximum atomic E-state index is 13.0. The van der Waals surface area contributed by atoms with E-state index in [0.29, 0.717) is 28.9 Å². The number of rotatable bonds is 12. The van der Waals surface area contributed by atoms with E-state index < -0.39 is 33.4 Å². The van der Waals surface area contributed by atoms with E-state index in [-0.39, 0.29) is 42.7 Å².